The van der Waals surface area contributed by atoms with Crippen molar-refractivity contribution in [2.24, 2.45) is 0 Å². The number of rotatable bonds is 4. The summed E-state index contributed by atoms with van der Waals surface area (Å²) in [6.45, 7) is 4.66. The minimum Gasteiger partial charge on any atom is -0.459 e. The average molecular weight is 330 g/mol. The van der Waals surface area contributed by atoms with Crippen LogP contribution in [0.3, 0.4) is 0 Å². The molecule has 0 spiro atoms. The Morgan fingerprint density at radius 3 is 2.71 bits per heavy atom. The highest BCUT2D eigenvalue weighted by molar-refractivity contribution is 5.95. The first-order valence-electron chi connectivity index (χ1n) is 8.18. The predicted molar refractivity (Wildman–Crippen MR) is 88.2 cm³/mol. The van der Waals surface area contributed by atoms with E-state index < -0.39 is 12.0 Å². The summed E-state index contributed by atoms with van der Waals surface area (Å²) < 4.78 is 10.9. The fourth-order valence-corrected chi connectivity index (χ4v) is 3.00. The molecular formula is C18H22N2O4. The van der Waals surface area contributed by atoms with Crippen LogP contribution >= 0.6 is 0 Å². The number of allylic oxidation sites excluding steroid dienone is 1. The summed E-state index contributed by atoms with van der Waals surface area (Å²) in [6.07, 6.45) is 1.87. The van der Waals surface area contributed by atoms with Crippen molar-refractivity contribution in [3.05, 3.63) is 46.7 Å². The molecule has 1 saturated heterocycles. The number of ether oxygens (including phenoxy) is 2. The van der Waals surface area contributed by atoms with E-state index in [1.54, 1.807) is 6.92 Å². The van der Waals surface area contributed by atoms with Gasteiger partial charge in [0, 0.05) is 12.3 Å². The second-order valence-corrected chi connectivity index (χ2v) is 6.21. The van der Waals surface area contributed by atoms with E-state index >= 15 is 0 Å². The van der Waals surface area contributed by atoms with Gasteiger partial charge in [-0.15, -0.1) is 0 Å². The van der Waals surface area contributed by atoms with Gasteiger partial charge in [-0.05, 0) is 32.3 Å². The molecule has 128 valence electrons. The van der Waals surface area contributed by atoms with E-state index in [1.165, 1.54) is 0 Å². The topological polar surface area (TPSA) is 76.7 Å². The second-order valence-electron chi connectivity index (χ2n) is 6.21. The number of carbonyl (C=O) groups is 2. The molecule has 2 amide bonds. The van der Waals surface area contributed by atoms with Gasteiger partial charge in [-0.3, -0.25) is 0 Å². The minimum atomic E-state index is -0.517. The van der Waals surface area contributed by atoms with Crippen LogP contribution in [0.25, 0.3) is 0 Å². The number of urea groups is 1. The Morgan fingerprint density at radius 1 is 1.29 bits per heavy atom. The van der Waals surface area contributed by atoms with Gasteiger partial charge in [0.25, 0.3) is 0 Å². The second kappa shape index (κ2) is 7.05. The van der Waals surface area contributed by atoms with Crippen LogP contribution in [-0.4, -0.2) is 31.3 Å². The first-order valence-corrected chi connectivity index (χ1v) is 8.18. The Labute approximate surface area is 141 Å². The van der Waals surface area contributed by atoms with Crippen molar-refractivity contribution in [1.82, 2.24) is 10.6 Å². The number of carbonyl (C=O) groups excluding carboxylic acids is 2. The molecule has 0 unspecified atom stereocenters. The van der Waals surface area contributed by atoms with Crippen molar-refractivity contribution in [2.75, 3.05) is 13.2 Å². The summed E-state index contributed by atoms with van der Waals surface area (Å²) >= 11 is 0. The van der Waals surface area contributed by atoms with Crippen LogP contribution in [0.4, 0.5) is 4.79 Å². The number of amides is 2. The SMILES string of the molecule is CC1=C(C(=O)OC[C@H]2CCCO2)[C@@H](c2ccc(C)cc2)NC(=O)N1. The summed E-state index contributed by atoms with van der Waals surface area (Å²) in [7, 11) is 0. The highest BCUT2D eigenvalue weighted by Gasteiger charge is 2.32. The third kappa shape index (κ3) is 3.59. The maximum absolute atomic E-state index is 12.6. The molecule has 6 heteroatoms. The summed E-state index contributed by atoms with van der Waals surface area (Å²) in [4.78, 5) is 24.4. The van der Waals surface area contributed by atoms with Gasteiger partial charge < -0.3 is 20.1 Å². The van der Waals surface area contributed by atoms with Gasteiger partial charge in [0.1, 0.15) is 6.61 Å². The fraction of sp³-hybridized carbons (Fsp3) is 0.444. The third-order valence-corrected chi connectivity index (χ3v) is 4.32. The van der Waals surface area contributed by atoms with E-state index in [2.05, 4.69) is 10.6 Å². The molecule has 0 aliphatic carbocycles. The molecule has 2 aliphatic rings. The van der Waals surface area contributed by atoms with Crippen molar-refractivity contribution in [3.63, 3.8) is 0 Å². The lowest BCUT2D eigenvalue weighted by Crippen LogP contribution is -2.45. The van der Waals surface area contributed by atoms with E-state index in [0.717, 1.165) is 24.0 Å². The lowest BCUT2D eigenvalue weighted by molar-refractivity contribution is -0.142. The molecule has 3 rings (SSSR count). The van der Waals surface area contributed by atoms with Crippen molar-refractivity contribution >= 4 is 12.0 Å². The normalized spacial score (nSPS) is 23.7. The molecule has 1 aromatic rings. The van der Waals surface area contributed by atoms with Crippen molar-refractivity contribution in [3.8, 4) is 0 Å². The lowest BCUT2D eigenvalue weighted by atomic mass is 9.95. The van der Waals surface area contributed by atoms with Gasteiger partial charge >= 0.3 is 12.0 Å². The highest BCUT2D eigenvalue weighted by atomic mass is 16.6. The summed E-state index contributed by atoms with van der Waals surface area (Å²) in [5.41, 5.74) is 2.90. The number of benzene rings is 1. The average Bonchev–Trinajstić information content (AvgIpc) is 3.06. The van der Waals surface area contributed by atoms with E-state index in [-0.39, 0.29) is 18.7 Å². The maximum Gasteiger partial charge on any atom is 0.338 e. The highest BCUT2D eigenvalue weighted by Crippen LogP contribution is 2.28. The maximum atomic E-state index is 12.6. The smallest absolute Gasteiger partial charge is 0.338 e. The van der Waals surface area contributed by atoms with Crippen LogP contribution in [0.15, 0.2) is 35.5 Å². The number of hydrogen-bond donors (Lipinski definition) is 2. The minimum absolute atomic E-state index is 0.0289. The molecule has 0 bridgehead atoms. The zero-order valence-corrected chi connectivity index (χ0v) is 13.9. The van der Waals surface area contributed by atoms with Gasteiger partial charge in [0.15, 0.2) is 0 Å². The molecule has 2 aliphatic heterocycles. The van der Waals surface area contributed by atoms with Gasteiger partial charge in [-0.1, -0.05) is 29.8 Å². The lowest BCUT2D eigenvalue weighted by Gasteiger charge is -2.28. The largest absolute Gasteiger partial charge is 0.459 e. The summed E-state index contributed by atoms with van der Waals surface area (Å²) in [5, 5.41) is 5.45. The Kier molecular flexibility index (Phi) is 4.85. The molecular weight excluding hydrogens is 308 g/mol. The van der Waals surface area contributed by atoms with Gasteiger partial charge in [-0.25, -0.2) is 9.59 Å². The van der Waals surface area contributed by atoms with Crippen LogP contribution in [-0.2, 0) is 14.3 Å². The Morgan fingerprint density at radius 2 is 2.04 bits per heavy atom. The molecule has 0 saturated carbocycles. The Bertz CT molecular complexity index is 660. The summed E-state index contributed by atoms with van der Waals surface area (Å²) in [6, 6.07) is 6.88. The number of aryl methyl sites for hydroxylation is 1. The van der Waals surface area contributed by atoms with Crippen molar-refractivity contribution in [1.29, 1.82) is 0 Å². The molecule has 0 aromatic heterocycles. The molecule has 2 atom stereocenters. The zero-order chi connectivity index (χ0) is 17.1. The van der Waals surface area contributed by atoms with E-state index in [4.69, 9.17) is 9.47 Å². The first-order chi connectivity index (χ1) is 11.5. The first kappa shape index (κ1) is 16.5. The third-order valence-electron chi connectivity index (χ3n) is 4.32. The Hall–Kier alpha value is -2.34. The molecule has 1 fully saturated rings. The number of hydrogen-bond acceptors (Lipinski definition) is 4. The van der Waals surface area contributed by atoms with E-state index in [0.29, 0.717) is 17.9 Å². The van der Waals surface area contributed by atoms with E-state index in [1.807, 2.05) is 31.2 Å². The predicted octanol–water partition coefficient (Wildman–Crippen LogP) is 2.35. The van der Waals surface area contributed by atoms with Crippen molar-refractivity contribution < 1.29 is 19.1 Å². The molecule has 1 aromatic carbocycles. The molecule has 24 heavy (non-hydrogen) atoms. The molecule has 0 radical (unpaired) electrons. The van der Waals surface area contributed by atoms with Crippen LogP contribution in [0.1, 0.15) is 36.9 Å². The van der Waals surface area contributed by atoms with Crippen molar-refractivity contribution in [2.45, 2.75) is 38.8 Å². The fourth-order valence-electron chi connectivity index (χ4n) is 3.00. The quantitative estimate of drug-likeness (QED) is 0.831. The molecule has 2 N–H and O–H groups in total. The van der Waals surface area contributed by atoms with E-state index in [9.17, 15) is 9.59 Å². The Balaban J connectivity index is 1.80. The van der Waals surface area contributed by atoms with Crippen LogP contribution < -0.4 is 10.6 Å². The van der Waals surface area contributed by atoms with Crippen LogP contribution in [0.2, 0.25) is 0 Å². The van der Waals surface area contributed by atoms with Gasteiger partial charge in [-0.2, -0.15) is 0 Å². The van der Waals surface area contributed by atoms with Gasteiger partial charge in [0.05, 0.1) is 17.7 Å². The van der Waals surface area contributed by atoms with Crippen LogP contribution in [0.5, 0.6) is 0 Å². The number of esters is 1. The summed E-state index contributed by atoms with van der Waals surface area (Å²) in [5.74, 6) is -0.430. The molecule has 2 heterocycles. The van der Waals surface area contributed by atoms with Crippen LogP contribution in [0, 0.1) is 6.92 Å². The molecule has 6 nitrogen and oxygen atoms in total. The monoisotopic (exact) mass is 330 g/mol. The number of nitrogens with one attached hydrogen (secondary N) is 2. The standard InChI is InChI=1S/C18H22N2O4/c1-11-5-7-13(8-6-11)16-15(12(2)19-18(22)20-16)17(21)24-10-14-4-3-9-23-14/h5-8,14,16H,3-4,9-10H2,1-2H3,(H2,19,20,22)/t14-,16-/m1/s1. The van der Waals surface area contributed by atoms with Gasteiger partial charge in [0.2, 0.25) is 0 Å². The zero-order valence-electron chi connectivity index (χ0n) is 13.9.